The Morgan fingerprint density at radius 2 is 2.16 bits per heavy atom. The van der Waals surface area contributed by atoms with E-state index < -0.39 is 5.82 Å². The van der Waals surface area contributed by atoms with Crippen LogP contribution in [-0.2, 0) is 4.79 Å². The number of anilines is 1. The first-order valence-electron chi connectivity index (χ1n) is 5.77. The molecule has 0 bridgehead atoms. The number of halogens is 2. The molecule has 0 aliphatic carbocycles. The Morgan fingerprint density at radius 1 is 1.53 bits per heavy atom. The summed E-state index contributed by atoms with van der Waals surface area (Å²) in [5.74, 6) is -0.530. The summed E-state index contributed by atoms with van der Waals surface area (Å²) in [7, 11) is 4.83. The molecule has 0 fully saturated rings. The van der Waals surface area contributed by atoms with Crippen LogP contribution >= 0.6 is 12.4 Å². The predicted molar refractivity (Wildman–Crippen MR) is 76.7 cm³/mol. The van der Waals surface area contributed by atoms with Gasteiger partial charge in [-0.2, -0.15) is 0 Å². The zero-order valence-electron chi connectivity index (χ0n) is 11.6. The molecule has 1 atom stereocenters. The SMILES string of the molecule is CNCC(C)C(=O)N(C)c1ccc(OC)c(F)c1.Cl. The highest BCUT2D eigenvalue weighted by molar-refractivity contribution is 5.94. The highest BCUT2D eigenvalue weighted by Gasteiger charge is 2.18. The molecule has 0 heterocycles. The molecular weight excluding hydrogens is 271 g/mol. The second kappa shape index (κ2) is 7.96. The van der Waals surface area contributed by atoms with Crippen molar-refractivity contribution < 1.29 is 13.9 Å². The van der Waals surface area contributed by atoms with E-state index in [9.17, 15) is 9.18 Å². The first-order valence-corrected chi connectivity index (χ1v) is 5.77. The van der Waals surface area contributed by atoms with Gasteiger partial charge in [0.15, 0.2) is 11.6 Å². The number of methoxy groups -OCH3 is 1. The molecule has 0 aliphatic rings. The monoisotopic (exact) mass is 290 g/mol. The highest BCUT2D eigenvalue weighted by Crippen LogP contribution is 2.23. The maximum Gasteiger partial charge on any atom is 0.230 e. The van der Waals surface area contributed by atoms with Crippen LogP contribution in [0.15, 0.2) is 18.2 Å². The second-order valence-electron chi connectivity index (χ2n) is 4.17. The van der Waals surface area contributed by atoms with E-state index in [1.165, 1.54) is 24.1 Å². The molecule has 6 heteroatoms. The number of amides is 1. The maximum atomic E-state index is 13.5. The van der Waals surface area contributed by atoms with E-state index in [4.69, 9.17) is 4.74 Å². The lowest BCUT2D eigenvalue weighted by atomic mass is 10.1. The Kier molecular flexibility index (Phi) is 7.41. The van der Waals surface area contributed by atoms with E-state index in [1.807, 2.05) is 6.92 Å². The maximum absolute atomic E-state index is 13.5. The fourth-order valence-electron chi connectivity index (χ4n) is 1.72. The molecule has 4 nitrogen and oxygen atoms in total. The normalized spacial score (nSPS) is 11.4. The van der Waals surface area contributed by atoms with Crippen LogP contribution in [0.4, 0.5) is 10.1 Å². The molecule has 0 aliphatic heterocycles. The Bertz CT molecular complexity index is 429. The van der Waals surface area contributed by atoms with Crippen molar-refractivity contribution in [1.29, 1.82) is 0 Å². The minimum Gasteiger partial charge on any atom is -0.494 e. The number of nitrogens with one attached hydrogen (secondary N) is 1. The molecule has 1 unspecified atom stereocenters. The minimum absolute atomic E-state index is 0. The Labute approximate surface area is 119 Å². The molecular formula is C13H20ClFN2O2. The summed E-state index contributed by atoms with van der Waals surface area (Å²) in [5, 5.41) is 2.94. The molecule has 0 aromatic heterocycles. The van der Waals surface area contributed by atoms with Crippen molar-refractivity contribution in [2.24, 2.45) is 5.92 Å². The second-order valence-corrected chi connectivity index (χ2v) is 4.17. The molecule has 0 saturated heterocycles. The summed E-state index contributed by atoms with van der Waals surface area (Å²) < 4.78 is 18.4. The standard InChI is InChI=1S/C13H19FN2O2.ClH/c1-9(8-15-2)13(17)16(3)10-5-6-12(18-4)11(14)7-10;/h5-7,9,15H,8H2,1-4H3;1H. The summed E-state index contributed by atoms with van der Waals surface area (Å²) in [6.45, 7) is 2.41. The van der Waals surface area contributed by atoms with Gasteiger partial charge in [-0.1, -0.05) is 6.92 Å². The van der Waals surface area contributed by atoms with Crippen molar-refractivity contribution in [2.75, 3.05) is 32.6 Å². The largest absolute Gasteiger partial charge is 0.494 e. The number of hydrogen-bond donors (Lipinski definition) is 1. The van der Waals surface area contributed by atoms with Gasteiger partial charge in [-0.25, -0.2) is 4.39 Å². The Balaban J connectivity index is 0.00000324. The minimum atomic E-state index is -0.476. The molecule has 1 aromatic rings. The Morgan fingerprint density at radius 3 is 2.63 bits per heavy atom. The number of ether oxygens (including phenoxy) is 1. The highest BCUT2D eigenvalue weighted by atomic mass is 35.5. The topological polar surface area (TPSA) is 41.6 Å². The van der Waals surface area contributed by atoms with Crippen molar-refractivity contribution in [2.45, 2.75) is 6.92 Å². The van der Waals surface area contributed by atoms with Crippen molar-refractivity contribution in [3.8, 4) is 5.75 Å². The van der Waals surface area contributed by atoms with E-state index in [1.54, 1.807) is 20.2 Å². The molecule has 1 amide bonds. The van der Waals surface area contributed by atoms with Crippen LogP contribution in [0.25, 0.3) is 0 Å². The van der Waals surface area contributed by atoms with Crippen LogP contribution < -0.4 is 15.0 Å². The van der Waals surface area contributed by atoms with Gasteiger partial charge >= 0.3 is 0 Å². The van der Waals surface area contributed by atoms with Gasteiger partial charge in [-0.05, 0) is 19.2 Å². The lowest BCUT2D eigenvalue weighted by Gasteiger charge is -2.21. The predicted octanol–water partition coefficient (Wildman–Crippen LogP) is 2.07. The third-order valence-electron chi connectivity index (χ3n) is 2.79. The smallest absolute Gasteiger partial charge is 0.230 e. The molecule has 1 N–H and O–H groups in total. The zero-order valence-corrected chi connectivity index (χ0v) is 12.4. The van der Waals surface area contributed by atoms with Crippen molar-refractivity contribution >= 4 is 24.0 Å². The van der Waals surface area contributed by atoms with Crippen molar-refractivity contribution in [3.05, 3.63) is 24.0 Å². The van der Waals surface area contributed by atoms with Crippen LogP contribution in [0.3, 0.4) is 0 Å². The number of carbonyl (C=O) groups is 1. The van der Waals surface area contributed by atoms with Gasteiger partial charge in [0.2, 0.25) is 5.91 Å². The van der Waals surface area contributed by atoms with Gasteiger partial charge in [0.25, 0.3) is 0 Å². The van der Waals surface area contributed by atoms with E-state index in [2.05, 4.69) is 5.32 Å². The Hall–Kier alpha value is -1.33. The van der Waals surface area contributed by atoms with E-state index in [-0.39, 0.29) is 30.0 Å². The molecule has 0 radical (unpaired) electrons. The van der Waals surface area contributed by atoms with E-state index in [0.29, 0.717) is 12.2 Å². The summed E-state index contributed by atoms with van der Waals surface area (Å²) >= 11 is 0. The van der Waals surface area contributed by atoms with Gasteiger partial charge in [-0.3, -0.25) is 4.79 Å². The molecule has 108 valence electrons. The third-order valence-corrected chi connectivity index (χ3v) is 2.79. The first-order chi connectivity index (χ1) is 8.51. The van der Waals surface area contributed by atoms with Crippen LogP contribution in [0, 0.1) is 11.7 Å². The number of rotatable bonds is 5. The van der Waals surface area contributed by atoms with Gasteiger partial charge in [0.05, 0.1) is 7.11 Å². The van der Waals surface area contributed by atoms with E-state index >= 15 is 0 Å². The third kappa shape index (κ3) is 4.36. The lowest BCUT2D eigenvalue weighted by molar-refractivity contribution is -0.121. The van der Waals surface area contributed by atoms with Gasteiger partial charge in [0, 0.05) is 31.3 Å². The average Bonchev–Trinajstić information content (AvgIpc) is 2.37. The molecule has 0 spiro atoms. The number of carbonyl (C=O) groups excluding carboxylic acids is 1. The molecule has 1 aromatic carbocycles. The average molecular weight is 291 g/mol. The van der Waals surface area contributed by atoms with Crippen LogP contribution in [0.2, 0.25) is 0 Å². The van der Waals surface area contributed by atoms with Crippen LogP contribution in [0.1, 0.15) is 6.92 Å². The summed E-state index contributed by atoms with van der Waals surface area (Å²) in [4.78, 5) is 13.5. The summed E-state index contributed by atoms with van der Waals surface area (Å²) in [6.07, 6.45) is 0. The van der Waals surface area contributed by atoms with Crippen LogP contribution in [0.5, 0.6) is 5.75 Å². The number of benzene rings is 1. The van der Waals surface area contributed by atoms with Crippen molar-refractivity contribution in [3.63, 3.8) is 0 Å². The summed E-state index contributed by atoms with van der Waals surface area (Å²) in [6, 6.07) is 4.46. The van der Waals surface area contributed by atoms with Gasteiger partial charge < -0.3 is 15.0 Å². The molecule has 19 heavy (non-hydrogen) atoms. The van der Waals surface area contributed by atoms with Gasteiger partial charge in [0.1, 0.15) is 0 Å². The van der Waals surface area contributed by atoms with Crippen LogP contribution in [-0.4, -0.2) is 33.7 Å². The van der Waals surface area contributed by atoms with Gasteiger partial charge in [-0.15, -0.1) is 12.4 Å². The fourth-order valence-corrected chi connectivity index (χ4v) is 1.72. The quantitative estimate of drug-likeness (QED) is 0.903. The first kappa shape index (κ1) is 17.7. The summed E-state index contributed by atoms with van der Waals surface area (Å²) in [5.41, 5.74) is 0.515. The molecule has 1 rings (SSSR count). The van der Waals surface area contributed by atoms with Crippen molar-refractivity contribution in [1.82, 2.24) is 5.32 Å². The zero-order chi connectivity index (χ0) is 13.7. The van der Waals surface area contributed by atoms with E-state index in [0.717, 1.165) is 0 Å². The molecule has 0 saturated carbocycles. The number of nitrogens with zero attached hydrogens (tertiary/aromatic N) is 1. The fraction of sp³-hybridized carbons (Fsp3) is 0.462. The number of hydrogen-bond acceptors (Lipinski definition) is 3. The lowest BCUT2D eigenvalue weighted by Crippen LogP contribution is -2.36.